The largest absolute Gasteiger partial charge is 0.146 e. The van der Waals surface area contributed by atoms with Crippen molar-refractivity contribution in [2.75, 3.05) is 0 Å². The van der Waals surface area contributed by atoms with Gasteiger partial charge in [0, 0.05) is 362 Å². The van der Waals surface area contributed by atoms with Gasteiger partial charge < -0.3 is 0 Å². The molecule has 0 N–H and O–H groups in total. The lowest BCUT2D eigenvalue weighted by Crippen LogP contribution is -2.89. The first kappa shape index (κ1) is 55.3. The summed E-state index contributed by atoms with van der Waals surface area (Å²) in [4.78, 5) is 0. The third-order valence-corrected chi connectivity index (χ3v) is 10.7. The Balaban J connectivity index is 9.73. The van der Waals surface area contributed by atoms with Crippen molar-refractivity contribution in [2.24, 2.45) is 0 Å². The summed E-state index contributed by atoms with van der Waals surface area (Å²) in [6.45, 7) is -3.90. The monoisotopic (exact) mass is 574 g/mol. The smallest absolute Gasteiger partial charge is 0.0294 e. The molecule has 0 unspecified atom stereocenters. The van der Waals surface area contributed by atoms with Crippen LogP contribution in [-0.2, 0) is 0 Å². The van der Waals surface area contributed by atoms with E-state index >= 15 is 0 Å². The highest BCUT2D eigenvalue weighted by atomic mass is 13.7. The lowest BCUT2D eigenvalue weighted by Gasteiger charge is -2.58. The summed E-state index contributed by atoms with van der Waals surface area (Å²) in [7, 11) is 174. The van der Waals surface area contributed by atoms with E-state index in [4.69, 9.17) is 209 Å². The standard InChI is InChI=1S/CHB51/c2-32(3)45(28)51(52(43(24)25)44(26)27)31(50(41(20)21)42(22)23)1(29(46(33(4)5)34(6)7)47(35(8)9)36(10)11)30(48(37(12)13)38(14)15)49(39(16)17)40(18)19/h1H. The van der Waals surface area contributed by atoms with Gasteiger partial charge in [-0.25, -0.2) is 0 Å². The van der Waals surface area contributed by atoms with Crippen molar-refractivity contribution in [3.8, 4) is 0 Å². The van der Waals surface area contributed by atoms with E-state index in [-0.39, 0.29) is 0 Å². The van der Waals surface area contributed by atoms with Crippen molar-refractivity contribution in [3.63, 3.8) is 0 Å². The Morgan fingerprint density at radius 3 is 0.462 bits per heavy atom. The zero-order valence-electron chi connectivity index (χ0n) is 30.0. The molecule has 0 heterocycles. The number of rotatable bonds is 24. The molecule has 0 aromatic rings. The van der Waals surface area contributed by atoms with E-state index in [9.17, 15) is 0 Å². The average Bonchev–Trinajstić information content (AvgIpc) is 2.92. The van der Waals surface area contributed by atoms with Crippen LogP contribution in [0, 0.1) is 0 Å². The van der Waals surface area contributed by atoms with Gasteiger partial charge >= 0.3 is 0 Å². The summed E-state index contributed by atoms with van der Waals surface area (Å²) in [5.74, 6) is 0. The maximum Gasteiger partial charge on any atom is 0.0294 e. The summed E-state index contributed by atoms with van der Waals surface area (Å²) in [5, 5.41) is 0. The molecule has 0 saturated carbocycles. The van der Waals surface area contributed by atoms with Crippen LogP contribution < -0.4 is 0 Å². The van der Waals surface area contributed by atoms with E-state index in [0.717, 1.165) is 0 Å². The van der Waals surface area contributed by atoms with Crippen molar-refractivity contribution >= 4 is 362 Å². The minimum absolute atomic E-state index is 1.19. The topological polar surface area (TPSA) is 0 Å². The molecule has 0 rings (SSSR count). The summed E-state index contributed by atoms with van der Waals surface area (Å²) < 4.78 is 0. The first-order chi connectivity index (χ1) is 23.6. The molecule has 52 heavy (non-hydrogen) atoms. The van der Waals surface area contributed by atoms with Gasteiger partial charge in [0.25, 0.3) is 0 Å². The fourth-order valence-corrected chi connectivity index (χ4v) is 8.72. The molecule has 0 spiro atoms. The quantitative estimate of drug-likeness (QED) is 0.102. The molecule has 0 aromatic heterocycles. The third-order valence-electron chi connectivity index (χ3n) is 10.7. The highest BCUT2D eigenvalue weighted by Gasteiger charge is 2.59. The predicted octanol–water partition coefficient (Wildman–Crippen LogP) is -19.1. The van der Waals surface area contributed by atoms with Crippen LogP contribution in [0.5, 0.6) is 0 Å². The molecule has 0 saturated heterocycles. The zero-order valence-corrected chi connectivity index (χ0v) is 30.0. The van der Waals surface area contributed by atoms with Crippen molar-refractivity contribution < 1.29 is 0 Å². The minimum Gasteiger partial charge on any atom is -0.146 e. The van der Waals surface area contributed by atoms with Crippen LogP contribution in [-0.4, -0.2) is 362 Å². The summed E-state index contributed by atoms with van der Waals surface area (Å²) in [6, 6.07) is 0. The third kappa shape index (κ3) is 14.8. The van der Waals surface area contributed by atoms with Crippen molar-refractivity contribution in [3.05, 3.63) is 0 Å². The zero-order chi connectivity index (χ0) is 41.4. The van der Waals surface area contributed by atoms with Crippen LogP contribution in [0.1, 0.15) is 0 Å². The lowest BCUT2D eigenvalue weighted by atomic mass is 8.34. The van der Waals surface area contributed by atoms with E-state index < -0.39 is 159 Å². The van der Waals surface area contributed by atoms with Gasteiger partial charge in [-0.2, -0.15) is 0 Å². The molecule has 0 aliphatic carbocycles. The van der Waals surface area contributed by atoms with Gasteiger partial charge in [0.05, 0.1) is 0 Å². The molecule has 0 aliphatic heterocycles. The summed E-state index contributed by atoms with van der Waals surface area (Å²) >= 11 is 0. The van der Waals surface area contributed by atoms with E-state index in [1.807, 2.05) is 0 Å². The molecule has 0 bridgehead atoms. The first-order valence-electron chi connectivity index (χ1n) is 17.0. The summed E-state index contributed by atoms with van der Waals surface area (Å²) in [6.07, 6.45) is -27.7. The molecule has 54 radical (unpaired) electrons. The van der Waals surface area contributed by atoms with Crippen molar-refractivity contribution in [1.82, 2.24) is 0 Å². The second kappa shape index (κ2) is 25.2. The maximum absolute atomic E-state index is 6.87. The van der Waals surface area contributed by atoms with Crippen molar-refractivity contribution in [1.29, 1.82) is 0 Å². The van der Waals surface area contributed by atoms with Gasteiger partial charge in [0.1, 0.15) is 0 Å². The van der Waals surface area contributed by atoms with Crippen molar-refractivity contribution in [2.45, 2.75) is 5.62 Å². The van der Waals surface area contributed by atoms with Gasteiger partial charge in [-0.15, -0.1) is 5.62 Å². The fourth-order valence-electron chi connectivity index (χ4n) is 8.72. The fraction of sp³-hybridized carbons (Fsp3) is 1.00. The SMILES string of the molecule is [B]B([B])B([B])B(B(B([B])[B])B([B])[B])B(B(B([B])[B])B([B])[B])C(B(B(B([B])[B])B([B])[B])B(B([B])[B])B([B])[B])B(B(B([B])[B])B([B])[B])B(B([B])[B])B([B])[B]. The molecule has 0 nitrogen and oxygen atoms in total. The first-order valence-corrected chi connectivity index (χ1v) is 17.0. The number of hydrogen-bond donors (Lipinski definition) is 0. The lowest BCUT2D eigenvalue weighted by molar-refractivity contribution is 1.80. The predicted molar refractivity (Wildman–Crippen MR) is 297 cm³/mol. The molecular weight excluding hydrogens is 563 g/mol. The Hall–Kier alpha value is 3.31. The molecule has 0 fully saturated rings. The van der Waals surface area contributed by atoms with Crippen LogP contribution >= 0.6 is 0 Å². The van der Waals surface area contributed by atoms with Gasteiger partial charge in [0.15, 0.2) is 0 Å². The average molecular weight is 564 g/mol. The molecule has 0 amide bonds. The Morgan fingerprint density at radius 1 is 0.173 bits per heavy atom. The maximum atomic E-state index is 6.87. The van der Waals surface area contributed by atoms with Crippen LogP contribution in [0.4, 0.5) is 0 Å². The van der Waals surface area contributed by atoms with Gasteiger partial charge in [0.2, 0.25) is 0 Å². The molecule has 0 atom stereocenters. The van der Waals surface area contributed by atoms with E-state index in [1.165, 1.54) is 0 Å². The Morgan fingerprint density at radius 2 is 0.327 bits per heavy atom. The van der Waals surface area contributed by atoms with E-state index in [1.54, 1.807) is 0 Å². The van der Waals surface area contributed by atoms with Crippen LogP contribution in [0.3, 0.4) is 0 Å². The molecule has 51 heteroatoms. The Labute approximate surface area is 365 Å². The number of hydrogen-bond acceptors (Lipinski definition) is 0. The molecular formula is CHB51. The normalized spacial score (nSPS) is 9.87. The second-order valence-corrected chi connectivity index (χ2v) is 14.4. The van der Waals surface area contributed by atoms with Gasteiger partial charge in [-0.3, -0.25) is 0 Å². The molecule has 0 aromatic carbocycles. The van der Waals surface area contributed by atoms with Gasteiger partial charge in [-0.05, 0) is 0 Å². The van der Waals surface area contributed by atoms with Crippen LogP contribution in [0.25, 0.3) is 0 Å². The highest BCUT2D eigenvalue weighted by molar-refractivity contribution is 8.21. The van der Waals surface area contributed by atoms with Crippen LogP contribution in [0.15, 0.2) is 0 Å². The van der Waals surface area contributed by atoms with Gasteiger partial charge in [-0.1, -0.05) is 0 Å². The minimum atomic E-state index is -1.40. The summed E-state index contributed by atoms with van der Waals surface area (Å²) in [5.41, 5.74) is -1.35. The van der Waals surface area contributed by atoms with E-state index in [0.29, 0.717) is 0 Å². The second-order valence-electron chi connectivity index (χ2n) is 14.4. The highest BCUT2D eigenvalue weighted by Crippen LogP contribution is 2.32. The Bertz CT molecular complexity index is 783. The molecule has 0 aliphatic rings. The van der Waals surface area contributed by atoms with E-state index in [2.05, 4.69) is 0 Å². The molecule has 158 valence electrons. The Kier molecular flexibility index (Phi) is 26.8. The van der Waals surface area contributed by atoms with Crippen LogP contribution in [0.2, 0.25) is 5.62 Å².